The topological polar surface area (TPSA) is 62.8 Å². The van der Waals surface area contributed by atoms with Gasteiger partial charge in [-0.05, 0) is 25.2 Å². The molecule has 1 unspecified atom stereocenters. The first-order chi connectivity index (χ1) is 11.9. The number of nitrogens with one attached hydrogen (secondary N) is 1. The Balaban J connectivity index is 1.85. The van der Waals surface area contributed by atoms with Crippen LogP contribution in [0.5, 0.6) is 0 Å². The maximum absolute atomic E-state index is 12.8. The molecule has 0 amide bonds. The number of aromatic nitrogens is 2. The number of Topliss-reactive ketones (excluding diaryl/α,β-unsaturated/α-hetero) is 1. The number of benzene rings is 1. The molecule has 1 heterocycles. The molecule has 1 aromatic heterocycles. The summed E-state index contributed by atoms with van der Waals surface area (Å²) in [6.07, 6.45) is 3.28. The van der Waals surface area contributed by atoms with Gasteiger partial charge in [0.2, 0.25) is 0 Å². The molecule has 0 saturated heterocycles. The normalized spacial score (nSPS) is 30.4. The van der Waals surface area contributed by atoms with Crippen molar-refractivity contribution >= 4 is 12.1 Å². The van der Waals surface area contributed by atoms with Crippen molar-refractivity contribution in [1.82, 2.24) is 10.2 Å². The van der Waals surface area contributed by atoms with Gasteiger partial charge in [-0.15, -0.1) is 0 Å². The number of ketones is 1. The van der Waals surface area contributed by atoms with Crippen molar-refractivity contribution in [2.75, 3.05) is 0 Å². The third kappa shape index (κ3) is 2.16. The number of carbonyl (C=O) groups excluding carboxylic acids is 2. The second-order valence-corrected chi connectivity index (χ2v) is 8.33. The van der Waals surface area contributed by atoms with E-state index in [-0.39, 0.29) is 17.1 Å². The van der Waals surface area contributed by atoms with Gasteiger partial charge >= 0.3 is 0 Å². The second kappa shape index (κ2) is 5.38. The highest BCUT2D eigenvalue weighted by atomic mass is 16.1. The molecule has 1 fully saturated rings. The van der Waals surface area contributed by atoms with Gasteiger partial charge in [0, 0.05) is 27.7 Å². The van der Waals surface area contributed by atoms with Crippen molar-refractivity contribution in [3.63, 3.8) is 0 Å². The Kier molecular flexibility index (Phi) is 3.50. The van der Waals surface area contributed by atoms with E-state index in [1.54, 1.807) is 0 Å². The van der Waals surface area contributed by atoms with Gasteiger partial charge in [0.05, 0.1) is 11.6 Å². The molecular weight excluding hydrogens is 312 g/mol. The molecule has 1 aromatic carbocycles. The lowest BCUT2D eigenvalue weighted by atomic mass is 9.49. The first kappa shape index (κ1) is 16.2. The molecule has 2 aliphatic rings. The number of H-pyrrole nitrogens is 1. The largest absolute Gasteiger partial charge is 0.303 e. The predicted molar refractivity (Wildman–Crippen MR) is 96.1 cm³/mol. The average molecular weight is 336 g/mol. The van der Waals surface area contributed by atoms with E-state index in [0.29, 0.717) is 6.42 Å². The molecule has 3 atom stereocenters. The van der Waals surface area contributed by atoms with Crippen molar-refractivity contribution in [3.8, 4) is 11.3 Å². The number of hydrogen-bond donors (Lipinski definition) is 1. The Labute approximate surface area is 148 Å². The van der Waals surface area contributed by atoms with E-state index in [1.807, 2.05) is 32.0 Å². The van der Waals surface area contributed by atoms with Crippen molar-refractivity contribution in [2.45, 2.75) is 45.4 Å². The van der Waals surface area contributed by atoms with Gasteiger partial charge in [0.1, 0.15) is 12.1 Å². The summed E-state index contributed by atoms with van der Waals surface area (Å²) in [7, 11) is 0. The molecule has 2 aromatic rings. The maximum Gasteiger partial charge on any atom is 0.148 e. The van der Waals surface area contributed by atoms with Gasteiger partial charge in [-0.3, -0.25) is 9.89 Å². The number of carbonyl (C=O) groups is 2. The standard InChI is InChI=1S/C21H24N2O2/c1-20(2)16-10-9-15-17(13-7-5-4-6-8-13)22-23-18(15)21(16,3)11-14(12-24)19(20)25/h4-8,12,14,16H,9-11H2,1-3H3,(H,22,23)/t14?,16-,21-/m0/s1. The number of nitrogens with zero attached hydrogens (tertiary/aromatic N) is 1. The van der Waals surface area contributed by atoms with Crippen molar-refractivity contribution in [3.05, 3.63) is 41.6 Å². The summed E-state index contributed by atoms with van der Waals surface area (Å²) in [4.78, 5) is 24.3. The monoisotopic (exact) mass is 336 g/mol. The Morgan fingerprint density at radius 1 is 1.20 bits per heavy atom. The van der Waals surface area contributed by atoms with Gasteiger partial charge in [0.15, 0.2) is 0 Å². The van der Waals surface area contributed by atoms with E-state index in [2.05, 4.69) is 29.3 Å². The molecule has 4 nitrogen and oxygen atoms in total. The van der Waals surface area contributed by atoms with Gasteiger partial charge in [0.25, 0.3) is 0 Å². The van der Waals surface area contributed by atoms with E-state index >= 15 is 0 Å². The van der Waals surface area contributed by atoms with Crippen LogP contribution < -0.4 is 0 Å². The minimum atomic E-state index is -0.523. The fraction of sp³-hybridized carbons (Fsp3) is 0.476. The molecule has 4 rings (SSSR count). The van der Waals surface area contributed by atoms with Crippen LogP contribution in [0.3, 0.4) is 0 Å². The van der Waals surface area contributed by atoms with Gasteiger partial charge in [-0.25, -0.2) is 0 Å². The number of aromatic amines is 1. The zero-order valence-corrected chi connectivity index (χ0v) is 15.0. The third-order valence-electron chi connectivity index (χ3n) is 6.59. The lowest BCUT2D eigenvalue weighted by molar-refractivity contribution is -0.145. The lowest BCUT2D eigenvalue weighted by Crippen LogP contribution is -2.56. The van der Waals surface area contributed by atoms with Gasteiger partial charge in [-0.2, -0.15) is 5.10 Å². The Bertz CT molecular complexity index is 837. The van der Waals surface area contributed by atoms with Crippen LogP contribution in [0.2, 0.25) is 0 Å². The number of rotatable bonds is 2. The minimum Gasteiger partial charge on any atom is -0.303 e. The molecule has 25 heavy (non-hydrogen) atoms. The molecule has 2 aliphatic carbocycles. The van der Waals surface area contributed by atoms with E-state index in [1.165, 1.54) is 5.56 Å². The van der Waals surface area contributed by atoms with Crippen LogP contribution in [0.25, 0.3) is 11.3 Å². The maximum atomic E-state index is 12.8. The molecule has 1 N–H and O–H groups in total. The van der Waals surface area contributed by atoms with Crippen LogP contribution >= 0.6 is 0 Å². The van der Waals surface area contributed by atoms with Crippen LogP contribution in [-0.4, -0.2) is 22.3 Å². The quantitative estimate of drug-likeness (QED) is 0.672. The van der Waals surface area contributed by atoms with Crippen molar-refractivity contribution in [2.24, 2.45) is 17.3 Å². The van der Waals surface area contributed by atoms with E-state index in [4.69, 9.17) is 0 Å². The zero-order valence-electron chi connectivity index (χ0n) is 15.0. The smallest absolute Gasteiger partial charge is 0.148 e. The van der Waals surface area contributed by atoms with E-state index < -0.39 is 11.3 Å². The summed E-state index contributed by atoms with van der Waals surface area (Å²) < 4.78 is 0. The van der Waals surface area contributed by atoms with E-state index in [9.17, 15) is 9.59 Å². The highest BCUT2D eigenvalue weighted by molar-refractivity contribution is 5.98. The Morgan fingerprint density at radius 2 is 1.92 bits per heavy atom. The fourth-order valence-corrected chi connectivity index (χ4v) is 5.41. The van der Waals surface area contributed by atoms with Crippen molar-refractivity contribution in [1.29, 1.82) is 0 Å². The zero-order chi connectivity index (χ0) is 17.8. The molecule has 130 valence electrons. The summed E-state index contributed by atoms with van der Waals surface area (Å²) in [5.74, 6) is -0.206. The lowest BCUT2D eigenvalue weighted by Gasteiger charge is -2.53. The van der Waals surface area contributed by atoms with Gasteiger partial charge in [-0.1, -0.05) is 51.1 Å². The Morgan fingerprint density at radius 3 is 2.60 bits per heavy atom. The number of aldehydes is 1. The van der Waals surface area contributed by atoms with E-state index in [0.717, 1.165) is 36.1 Å². The van der Waals surface area contributed by atoms with Crippen LogP contribution in [0.15, 0.2) is 30.3 Å². The fourth-order valence-electron chi connectivity index (χ4n) is 5.41. The molecular formula is C21H24N2O2. The summed E-state index contributed by atoms with van der Waals surface area (Å²) in [5, 5.41) is 7.91. The number of hydrogen-bond acceptors (Lipinski definition) is 3. The SMILES string of the molecule is CC1(C)C(=O)C(C=O)C[C@]2(C)c3[nH]nc(-c4ccccc4)c3CC[C@@H]12. The highest BCUT2D eigenvalue weighted by Crippen LogP contribution is 2.57. The van der Waals surface area contributed by atoms with Gasteiger partial charge < -0.3 is 4.79 Å². The molecule has 0 spiro atoms. The average Bonchev–Trinajstić information content (AvgIpc) is 3.04. The summed E-state index contributed by atoms with van der Waals surface area (Å²) >= 11 is 0. The summed E-state index contributed by atoms with van der Waals surface area (Å²) in [5.41, 5.74) is 3.77. The predicted octanol–water partition coefficient (Wildman–Crippen LogP) is 3.71. The molecule has 0 bridgehead atoms. The molecule has 0 radical (unpaired) electrons. The number of fused-ring (bicyclic) bond motifs is 3. The molecule has 4 heteroatoms. The van der Waals surface area contributed by atoms with Crippen molar-refractivity contribution < 1.29 is 9.59 Å². The third-order valence-corrected chi connectivity index (χ3v) is 6.59. The Hall–Kier alpha value is -2.23. The molecule has 1 saturated carbocycles. The highest BCUT2D eigenvalue weighted by Gasteiger charge is 2.58. The van der Waals surface area contributed by atoms with Crippen LogP contribution in [0.1, 0.15) is 44.9 Å². The second-order valence-electron chi connectivity index (χ2n) is 8.33. The molecule has 0 aliphatic heterocycles. The minimum absolute atomic E-state index is 0.0937. The van der Waals surface area contributed by atoms with Crippen LogP contribution in [0, 0.1) is 17.3 Å². The summed E-state index contributed by atoms with van der Waals surface area (Å²) in [6.45, 7) is 6.22. The first-order valence-electron chi connectivity index (χ1n) is 9.02. The van der Waals surface area contributed by atoms with Crippen LogP contribution in [-0.2, 0) is 21.4 Å². The summed E-state index contributed by atoms with van der Waals surface area (Å²) in [6, 6.07) is 10.2. The first-order valence-corrected chi connectivity index (χ1v) is 9.02. The van der Waals surface area contributed by atoms with Crippen LogP contribution in [0.4, 0.5) is 0 Å².